The van der Waals surface area contributed by atoms with Crippen LogP contribution in [-0.2, 0) is 0 Å². The van der Waals surface area contributed by atoms with Crippen LogP contribution in [0.2, 0.25) is 0 Å². The minimum atomic E-state index is -0.225. The smallest absolute Gasteiger partial charge is 0.176 e. The lowest BCUT2D eigenvalue weighted by atomic mass is 10.4. The van der Waals surface area contributed by atoms with Gasteiger partial charge in [-0.1, -0.05) is 0 Å². The van der Waals surface area contributed by atoms with Gasteiger partial charge in [-0.25, -0.2) is 4.99 Å². The molecule has 0 heterocycles. The third-order valence-corrected chi connectivity index (χ3v) is 0.770. The van der Waals surface area contributed by atoms with E-state index in [0.717, 1.165) is 0 Å². The second-order valence-corrected chi connectivity index (χ2v) is 1.74. The predicted octanol–water partition coefficient (Wildman–Crippen LogP) is -0.419. The Hall–Kier alpha value is -2.01. The van der Waals surface area contributed by atoms with Crippen LogP contribution < -0.4 is 11.5 Å². The molecule has 0 aliphatic carbocycles. The Labute approximate surface area is 64.2 Å². The van der Waals surface area contributed by atoms with Gasteiger partial charge in [0.1, 0.15) is 17.8 Å². The molecule has 0 spiro atoms. The third kappa shape index (κ3) is 2.87. The molecule has 11 heavy (non-hydrogen) atoms. The number of nitrogens with zero attached hydrogens (tertiary/aromatic N) is 3. The highest BCUT2D eigenvalue weighted by Gasteiger charge is 1.98. The van der Waals surface area contributed by atoms with Crippen LogP contribution in [-0.4, -0.2) is 5.84 Å². The summed E-state index contributed by atoms with van der Waals surface area (Å²) in [5, 5.41) is 16.6. The summed E-state index contributed by atoms with van der Waals surface area (Å²) >= 11 is 0. The molecule has 0 aromatic heterocycles. The highest BCUT2D eigenvalue weighted by Crippen LogP contribution is 1.97. The van der Waals surface area contributed by atoms with E-state index in [1.807, 2.05) is 0 Å². The van der Waals surface area contributed by atoms with Gasteiger partial charge in [0.25, 0.3) is 0 Å². The quantitative estimate of drug-likeness (QED) is 0.299. The largest absolute Gasteiger partial charge is 0.388 e. The Morgan fingerprint density at radius 3 is 2.09 bits per heavy atom. The molecule has 0 aliphatic heterocycles. The molecule has 0 fully saturated rings. The maximum absolute atomic E-state index is 8.37. The summed E-state index contributed by atoms with van der Waals surface area (Å²) in [5.74, 6) is 0.194. The molecule has 0 aromatic carbocycles. The molecule has 56 valence electrons. The summed E-state index contributed by atoms with van der Waals surface area (Å²) in [5.41, 5.74) is 9.90. The van der Waals surface area contributed by atoms with E-state index in [1.54, 1.807) is 12.1 Å². The van der Waals surface area contributed by atoms with Crippen molar-refractivity contribution in [3.8, 4) is 12.1 Å². The summed E-state index contributed by atoms with van der Waals surface area (Å²) in [4.78, 5) is 3.53. The van der Waals surface area contributed by atoms with Crippen LogP contribution in [0.4, 0.5) is 0 Å². The van der Waals surface area contributed by atoms with E-state index in [1.165, 1.54) is 6.92 Å². The summed E-state index contributed by atoms with van der Waals surface area (Å²) in [6.07, 6.45) is 0. The Morgan fingerprint density at radius 2 is 1.82 bits per heavy atom. The van der Waals surface area contributed by atoms with Gasteiger partial charge in [-0.15, -0.1) is 0 Å². The van der Waals surface area contributed by atoms with Crippen LogP contribution in [0.25, 0.3) is 0 Å². The van der Waals surface area contributed by atoms with Gasteiger partial charge in [0, 0.05) is 0 Å². The van der Waals surface area contributed by atoms with E-state index in [4.69, 9.17) is 22.0 Å². The number of rotatable bonds is 1. The third-order valence-electron chi connectivity index (χ3n) is 0.770. The van der Waals surface area contributed by atoms with Crippen molar-refractivity contribution in [3.05, 3.63) is 11.4 Å². The van der Waals surface area contributed by atoms with E-state index in [-0.39, 0.29) is 17.2 Å². The Kier molecular flexibility index (Phi) is 3.20. The molecule has 5 nitrogen and oxygen atoms in total. The average molecular weight is 149 g/mol. The van der Waals surface area contributed by atoms with Gasteiger partial charge in [-0.2, -0.15) is 10.5 Å². The van der Waals surface area contributed by atoms with Gasteiger partial charge in [-0.3, -0.25) is 0 Å². The van der Waals surface area contributed by atoms with Crippen LogP contribution >= 0.6 is 0 Å². The number of amidine groups is 1. The highest BCUT2D eigenvalue weighted by atomic mass is 14.9. The van der Waals surface area contributed by atoms with Gasteiger partial charge >= 0.3 is 0 Å². The Balaban J connectivity index is 4.91. The summed E-state index contributed by atoms with van der Waals surface area (Å²) in [6, 6.07) is 3.24. The molecule has 0 radical (unpaired) electrons. The van der Waals surface area contributed by atoms with Gasteiger partial charge in [0.05, 0.1) is 5.84 Å². The fourth-order valence-corrected chi connectivity index (χ4v) is 0.375. The standard InChI is InChI=1S/C6H7N5/c1-4(9)11-6(3-8)5(10)2-7/h10H2,1H3,(H2,9,11)/b6-5-. The van der Waals surface area contributed by atoms with Gasteiger partial charge in [-0.05, 0) is 6.92 Å². The number of nitriles is 2. The minimum absolute atomic E-state index is 0.146. The normalized spacial score (nSPS) is 12.8. The van der Waals surface area contributed by atoms with E-state index in [2.05, 4.69) is 4.99 Å². The zero-order valence-corrected chi connectivity index (χ0v) is 6.00. The molecule has 5 heteroatoms. The van der Waals surface area contributed by atoms with Crippen LogP contribution in [0.1, 0.15) is 6.92 Å². The summed E-state index contributed by atoms with van der Waals surface area (Å²) < 4.78 is 0. The Bertz CT molecular complexity index is 281. The molecule has 0 rings (SSSR count). The maximum atomic E-state index is 8.37. The maximum Gasteiger partial charge on any atom is 0.176 e. The zero-order valence-electron chi connectivity index (χ0n) is 6.00. The fraction of sp³-hybridized carbons (Fsp3) is 0.167. The molecule has 0 aliphatic rings. The number of hydrogen-bond acceptors (Lipinski definition) is 4. The Morgan fingerprint density at radius 1 is 1.27 bits per heavy atom. The second-order valence-electron chi connectivity index (χ2n) is 1.74. The SMILES string of the molecule is CC(N)=N/C(C#N)=C(\N)C#N. The van der Waals surface area contributed by atoms with Crippen molar-refractivity contribution in [1.29, 1.82) is 10.5 Å². The minimum Gasteiger partial charge on any atom is -0.388 e. The van der Waals surface area contributed by atoms with E-state index >= 15 is 0 Å². The topological polar surface area (TPSA) is 112 Å². The number of allylic oxidation sites excluding steroid dienone is 2. The van der Waals surface area contributed by atoms with E-state index < -0.39 is 0 Å². The van der Waals surface area contributed by atoms with Crippen molar-refractivity contribution in [2.24, 2.45) is 16.5 Å². The van der Waals surface area contributed by atoms with Crippen molar-refractivity contribution >= 4 is 5.84 Å². The van der Waals surface area contributed by atoms with E-state index in [0.29, 0.717) is 0 Å². The molecule has 0 bridgehead atoms. The van der Waals surface area contributed by atoms with Crippen molar-refractivity contribution in [2.75, 3.05) is 0 Å². The first kappa shape index (κ1) is 8.99. The van der Waals surface area contributed by atoms with Crippen molar-refractivity contribution in [1.82, 2.24) is 0 Å². The monoisotopic (exact) mass is 149 g/mol. The van der Waals surface area contributed by atoms with Gasteiger partial charge < -0.3 is 11.5 Å². The molecule has 0 aromatic rings. The van der Waals surface area contributed by atoms with Crippen LogP contribution in [0.15, 0.2) is 16.4 Å². The molecule has 0 saturated heterocycles. The molecule has 0 unspecified atom stereocenters. The highest BCUT2D eigenvalue weighted by molar-refractivity contribution is 5.79. The number of hydrogen-bond donors (Lipinski definition) is 2. The molecule has 0 saturated carbocycles. The molecular weight excluding hydrogens is 142 g/mol. The molecule has 4 N–H and O–H groups in total. The lowest BCUT2D eigenvalue weighted by Crippen LogP contribution is -2.07. The first-order chi connectivity index (χ1) is 5.11. The van der Waals surface area contributed by atoms with Crippen molar-refractivity contribution < 1.29 is 0 Å². The van der Waals surface area contributed by atoms with Gasteiger partial charge in [0.15, 0.2) is 5.70 Å². The van der Waals surface area contributed by atoms with Crippen LogP contribution in [0, 0.1) is 22.7 Å². The first-order valence-electron chi connectivity index (χ1n) is 2.72. The molecule has 0 amide bonds. The fourth-order valence-electron chi connectivity index (χ4n) is 0.375. The van der Waals surface area contributed by atoms with Crippen molar-refractivity contribution in [3.63, 3.8) is 0 Å². The lowest BCUT2D eigenvalue weighted by molar-refractivity contribution is 1.25. The van der Waals surface area contributed by atoms with Crippen LogP contribution in [0.5, 0.6) is 0 Å². The van der Waals surface area contributed by atoms with Gasteiger partial charge in [0.2, 0.25) is 0 Å². The molecular formula is C6H7N5. The first-order valence-corrected chi connectivity index (χ1v) is 2.72. The summed E-state index contributed by atoms with van der Waals surface area (Å²) in [7, 11) is 0. The van der Waals surface area contributed by atoms with Crippen LogP contribution in [0.3, 0.4) is 0 Å². The lowest BCUT2D eigenvalue weighted by Gasteiger charge is -1.90. The zero-order chi connectivity index (χ0) is 8.85. The predicted molar refractivity (Wildman–Crippen MR) is 39.7 cm³/mol. The van der Waals surface area contributed by atoms with E-state index in [9.17, 15) is 0 Å². The number of nitrogens with two attached hydrogens (primary N) is 2. The van der Waals surface area contributed by atoms with Crippen molar-refractivity contribution in [2.45, 2.75) is 6.92 Å². The summed E-state index contributed by atoms with van der Waals surface area (Å²) in [6.45, 7) is 1.50. The molecule has 0 atom stereocenters. The second kappa shape index (κ2) is 3.91. The number of aliphatic imine (C=N–C) groups is 1. The average Bonchev–Trinajstić information content (AvgIpc) is 1.98.